The first kappa shape index (κ1) is 15.4. The third-order valence-electron chi connectivity index (χ3n) is 4.42. The van der Waals surface area contributed by atoms with Gasteiger partial charge < -0.3 is 10.2 Å². The van der Waals surface area contributed by atoms with Crippen LogP contribution < -0.4 is 10.2 Å². The van der Waals surface area contributed by atoms with Crippen molar-refractivity contribution in [1.82, 2.24) is 5.32 Å². The van der Waals surface area contributed by atoms with Crippen LogP contribution in [-0.2, 0) is 4.79 Å². The lowest BCUT2D eigenvalue weighted by molar-refractivity contribution is -0.121. The molecule has 1 aliphatic rings. The van der Waals surface area contributed by atoms with Crippen molar-refractivity contribution in [2.45, 2.75) is 39.2 Å². The number of anilines is 1. The Labute approximate surface area is 126 Å². The number of benzene rings is 1. The van der Waals surface area contributed by atoms with Crippen molar-refractivity contribution in [3.63, 3.8) is 0 Å². The highest BCUT2D eigenvalue weighted by atomic mass is 16.2. The fourth-order valence-electron chi connectivity index (χ4n) is 2.67. The Hall–Kier alpha value is -2.02. The van der Waals surface area contributed by atoms with E-state index in [2.05, 4.69) is 35.3 Å². The molecule has 0 aliphatic carbocycles. The van der Waals surface area contributed by atoms with E-state index in [1.54, 1.807) is 6.92 Å². The van der Waals surface area contributed by atoms with Gasteiger partial charge in [-0.05, 0) is 24.5 Å². The molecule has 1 heterocycles. The number of fused-ring (bicyclic) bond motifs is 1. The number of nitrogens with one attached hydrogen (secondary N) is 1. The molecule has 21 heavy (non-hydrogen) atoms. The molecule has 4 heteroatoms. The zero-order valence-corrected chi connectivity index (χ0v) is 13.2. The Bertz CT molecular complexity index is 576. The second kappa shape index (κ2) is 5.77. The van der Waals surface area contributed by atoms with Crippen LogP contribution in [0.25, 0.3) is 0 Å². The molecule has 2 atom stereocenters. The Kier molecular flexibility index (Phi) is 4.22. The fourth-order valence-corrected chi connectivity index (χ4v) is 2.67. The number of para-hydroxylation sites is 1. The van der Waals surface area contributed by atoms with Crippen LogP contribution in [0.1, 0.15) is 39.2 Å². The van der Waals surface area contributed by atoms with E-state index in [0.717, 1.165) is 12.2 Å². The van der Waals surface area contributed by atoms with Gasteiger partial charge in [0.2, 0.25) is 5.91 Å². The van der Waals surface area contributed by atoms with Crippen LogP contribution in [0.15, 0.2) is 24.3 Å². The van der Waals surface area contributed by atoms with E-state index in [-0.39, 0.29) is 11.8 Å². The van der Waals surface area contributed by atoms with Gasteiger partial charge in [0.1, 0.15) is 5.54 Å². The number of nitrogens with zero attached hydrogens (tertiary/aromatic N) is 2. The van der Waals surface area contributed by atoms with E-state index in [0.29, 0.717) is 12.5 Å². The molecule has 1 aliphatic heterocycles. The number of carbonyl (C=O) groups excluding carboxylic acids is 1. The van der Waals surface area contributed by atoms with Gasteiger partial charge in [-0.1, -0.05) is 39.0 Å². The zero-order valence-electron chi connectivity index (χ0n) is 13.2. The van der Waals surface area contributed by atoms with Crippen molar-refractivity contribution < 1.29 is 4.79 Å². The molecular formula is C17H23N3O. The summed E-state index contributed by atoms with van der Waals surface area (Å²) in [5.41, 5.74) is 1.60. The van der Waals surface area contributed by atoms with Crippen molar-refractivity contribution >= 4 is 11.6 Å². The SMILES string of the molecule is CC1CN(CC(=O)NC(C)(C#N)C(C)C)c2ccccc21. The van der Waals surface area contributed by atoms with Crippen molar-refractivity contribution in [3.05, 3.63) is 29.8 Å². The molecule has 4 nitrogen and oxygen atoms in total. The first-order valence-electron chi connectivity index (χ1n) is 7.43. The van der Waals surface area contributed by atoms with Gasteiger partial charge in [-0.2, -0.15) is 5.26 Å². The predicted molar refractivity (Wildman–Crippen MR) is 84.1 cm³/mol. The van der Waals surface area contributed by atoms with Crippen molar-refractivity contribution in [3.8, 4) is 6.07 Å². The molecule has 0 saturated carbocycles. The molecule has 2 rings (SSSR count). The van der Waals surface area contributed by atoms with E-state index in [1.165, 1.54) is 5.56 Å². The van der Waals surface area contributed by atoms with Crippen LogP contribution in [0.5, 0.6) is 0 Å². The standard InChI is InChI=1S/C17H23N3O/c1-12(2)17(4,11-18)19-16(21)10-20-9-13(3)14-7-5-6-8-15(14)20/h5-8,12-13H,9-10H2,1-4H3,(H,19,21). The summed E-state index contributed by atoms with van der Waals surface area (Å²) in [5.74, 6) is 0.398. The molecule has 0 aromatic heterocycles. The summed E-state index contributed by atoms with van der Waals surface area (Å²) in [4.78, 5) is 14.4. The second-order valence-corrected chi connectivity index (χ2v) is 6.36. The van der Waals surface area contributed by atoms with Crippen LogP contribution in [0.2, 0.25) is 0 Å². The fraction of sp³-hybridized carbons (Fsp3) is 0.529. The highest BCUT2D eigenvalue weighted by Crippen LogP contribution is 2.35. The second-order valence-electron chi connectivity index (χ2n) is 6.36. The third-order valence-corrected chi connectivity index (χ3v) is 4.42. The van der Waals surface area contributed by atoms with Gasteiger partial charge in [0.05, 0.1) is 12.6 Å². The number of hydrogen-bond donors (Lipinski definition) is 1. The van der Waals surface area contributed by atoms with E-state index in [1.807, 2.05) is 26.0 Å². The molecule has 0 bridgehead atoms. The molecule has 1 aromatic carbocycles. The van der Waals surface area contributed by atoms with Gasteiger partial charge in [0.15, 0.2) is 0 Å². The Balaban J connectivity index is 2.07. The summed E-state index contributed by atoms with van der Waals surface area (Å²) in [6.45, 7) is 8.97. The van der Waals surface area contributed by atoms with Gasteiger partial charge >= 0.3 is 0 Å². The monoisotopic (exact) mass is 285 g/mol. The Morgan fingerprint density at radius 1 is 1.52 bits per heavy atom. The van der Waals surface area contributed by atoms with E-state index in [4.69, 9.17) is 0 Å². The quantitative estimate of drug-likeness (QED) is 0.925. The third kappa shape index (κ3) is 3.02. The topological polar surface area (TPSA) is 56.1 Å². The Morgan fingerprint density at radius 2 is 2.19 bits per heavy atom. The summed E-state index contributed by atoms with van der Waals surface area (Å²) < 4.78 is 0. The van der Waals surface area contributed by atoms with Gasteiger partial charge in [-0.3, -0.25) is 4.79 Å². The summed E-state index contributed by atoms with van der Waals surface area (Å²) in [5, 5.41) is 12.2. The van der Waals surface area contributed by atoms with Gasteiger partial charge in [-0.25, -0.2) is 0 Å². The normalized spacial score (nSPS) is 19.8. The lowest BCUT2D eigenvalue weighted by Crippen LogP contribution is -2.51. The van der Waals surface area contributed by atoms with Crippen LogP contribution in [0, 0.1) is 17.2 Å². The average molecular weight is 285 g/mol. The lowest BCUT2D eigenvalue weighted by atomic mass is 9.90. The molecule has 0 fully saturated rings. The summed E-state index contributed by atoms with van der Waals surface area (Å²) in [6.07, 6.45) is 0. The highest BCUT2D eigenvalue weighted by Gasteiger charge is 2.32. The maximum Gasteiger partial charge on any atom is 0.240 e. The van der Waals surface area contributed by atoms with Crippen LogP contribution in [-0.4, -0.2) is 24.5 Å². The molecule has 112 valence electrons. The first-order chi connectivity index (χ1) is 9.87. The molecular weight excluding hydrogens is 262 g/mol. The lowest BCUT2D eigenvalue weighted by Gasteiger charge is -2.29. The maximum atomic E-state index is 12.3. The molecule has 0 radical (unpaired) electrons. The minimum Gasteiger partial charge on any atom is -0.361 e. The zero-order chi connectivity index (χ0) is 15.6. The van der Waals surface area contributed by atoms with Gasteiger partial charge in [-0.15, -0.1) is 0 Å². The summed E-state index contributed by atoms with van der Waals surface area (Å²) in [7, 11) is 0. The molecule has 1 amide bonds. The van der Waals surface area contributed by atoms with Gasteiger partial charge in [0.25, 0.3) is 0 Å². The molecule has 0 spiro atoms. The molecule has 2 unspecified atom stereocenters. The van der Waals surface area contributed by atoms with Crippen molar-refractivity contribution in [1.29, 1.82) is 5.26 Å². The van der Waals surface area contributed by atoms with Crippen molar-refractivity contribution in [2.24, 2.45) is 5.92 Å². The number of rotatable bonds is 4. The number of nitriles is 1. The predicted octanol–water partition coefficient (Wildman–Crippen LogP) is 2.66. The molecule has 0 saturated heterocycles. The van der Waals surface area contributed by atoms with E-state index in [9.17, 15) is 10.1 Å². The molecule has 1 N–H and O–H groups in total. The van der Waals surface area contributed by atoms with Crippen LogP contribution >= 0.6 is 0 Å². The Morgan fingerprint density at radius 3 is 2.81 bits per heavy atom. The summed E-state index contributed by atoms with van der Waals surface area (Å²) in [6, 6.07) is 10.4. The van der Waals surface area contributed by atoms with Gasteiger partial charge in [0, 0.05) is 18.2 Å². The highest BCUT2D eigenvalue weighted by molar-refractivity contribution is 5.83. The van der Waals surface area contributed by atoms with E-state index < -0.39 is 5.54 Å². The van der Waals surface area contributed by atoms with E-state index >= 15 is 0 Å². The smallest absolute Gasteiger partial charge is 0.240 e. The number of hydrogen-bond acceptors (Lipinski definition) is 3. The van der Waals surface area contributed by atoms with Crippen LogP contribution in [0.3, 0.4) is 0 Å². The average Bonchev–Trinajstić information content (AvgIpc) is 2.75. The minimum absolute atomic E-state index is 0.0660. The largest absolute Gasteiger partial charge is 0.361 e. The number of carbonyl (C=O) groups is 1. The maximum absolute atomic E-state index is 12.3. The summed E-state index contributed by atoms with van der Waals surface area (Å²) >= 11 is 0. The minimum atomic E-state index is -0.818. The first-order valence-corrected chi connectivity index (χ1v) is 7.43. The number of amides is 1. The molecule has 1 aromatic rings. The van der Waals surface area contributed by atoms with Crippen LogP contribution in [0.4, 0.5) is 5.69 Å². The van der Waals surface area contributed by atoms with Crippen molar-refractivity contribution in [2.75, 3.05) is 18.0 Å².